The highest BCUT2D eigenvalue weighted by molar-refractivity contribution is 7.90. The van der Waals surface area contributed by atoms with Gasteiger partial charge in [0.1, 0.15) is 5.54 Å². The first kappa shape index (κ1) is 19.6. The van der Waals surface area contributed by atoms with Crippen LogP contribution in [0.15, 0.2) is 70.0 Å². The minimum absolute atomic E-state index is 0.135. The van der Waals surface area contributed by atoms with Gasteiger partial charge >= 0.3 is 6.03 Å². The Hall–Kier alpha value is -2.67. The maximum absolute atomic E-state index is 13.1. The summed E-state index contributed by atoms with van der Waals surface area (Å²) in [5, 5.41) is 3.10. The van der Waals surface area contributed by atoms with E-state index in [2.05, 4.69) is 9.71 Å². The first-order chi connectivity index (χ1) is 14.0. The van der Waals surface area contributed by atoms with Crippen molar-refractivity contribution < 1.29 is 13.2 Å². The number of sulfonamides is 1. The van der Waals surface area contributed by atoms with Crippen LogP contribution in [-0.2, 0) is 16.6 Å². The van der Waals surface area contributed by atoms with Gasteiger partial charge in [-0.25, -0.2) is 4.79 Å². The molecule has 0 aromatic heterocycles. The molecule has 1 N–H and O–H groups in total. The zero-order chi connectivity index (χ0) is 20.3. The molecule has 0 unspecified atom stereocenters. The fourth-order valence-corrected chi connectivity index (χ4v) is 5.28. The molecule has 2 fully saturated rings. The first-order valence-corrected chi connectivity index (χ1v) is 11.5. The van der Waals surface area contributed by atoms with Crippen molar-refractivity contribution >= 4 is 21.9 Å². The molecule has 152 valence electrons. The number of nitrogens with one attached hydrogen (secondary N) is 1. The van der Waals surface area contributed by atoms with Gasteiger partial charge in [-0.2, -0.15) is 8.42 Å². The third-order valence-electron chi connectivity index (χ3n) is 5.66. The number of hydrogen-bond donors (Lipinski definition) is 1. The van der Waals surface area contributed by atoms with Crippen LogP contribution < -0.4 is 5.32 Å². The Morgan fingerprint density at radius 1 is 0.897 bits per heavy atom. The lowest BCUT2D eigenvalue weighted by Crippen LogP contribution is -2.47. The van der Waals surface area contributed by atoms with E-state index in [1.165, 1.54) is 17.0 Å². The largest absolute Gasteiger partial charge is 0.325 e. The Labute approximate surface area is 171 Å². The van der Waals surface area contributed by atoms with Crippen LogP contribution in [0.5, 0.6) is 0 Å². The van der Waals surface area contributed by atoms with Crippen molar-refractivity contribution in [2.24, 2.45) is 4.40 Å². The molecule has 7 heteroatoms. The minimum atomic E-state index is -3.93. The summed E-state index contributed by atoms with van der Waals surface area (Å²) < 4.78 is 30.4. The molecule has 1 spiro atoms. The van der Waals surface area contributed by atoms with E-state index >= 15 is 0 Å². The Morgan fingerprint density at radius 2 is 1.48 bits per heavy atom. The normalized spacial score (nSPS) is 20.6. The standard InChI is InChI=1S/C22H25N3O3S/c26-21-23-22(15-9-1-2-10-16-22)20(25(21)17-18-11-5-3-6-12-18)24-29(27,28)19-13-7-4-8-14-19/h3-8,11-14H,1-2,9-10,15-17H2,(H,23,26)/b24-20+. The second-order valence-electron chi connectivity index (χ2n) is 7.70. The van der Waals surface area contributed by atoms with Gasteiger partial charge in [-0.1, -0.05) is 74.2 Å². The van der Waals surface area contributed by atoms with Crippen molar-refractivity contribution in [3.63, 3.8) is 0 Å². The fourth-order valence-electron chi connectivity index (χ4n) is 4.17. The van der Waals surface area contributed by atoms with Crippen LogP contribution in [0.25, 0.3) is 0 Å². The molecule has 1 aliphatic carbocycles. The lowest BCUT2D eigenvalue weighted by molar-refractivity contribution is 0.224. The maximum Gasteiger partial charge on any atom is 0.324 e. The highest BCUT2D eigenvalue weighted by Gasteiger charge is 2.49. The SMILES string of the molecule is O=C1NC2(CCCCCC2)/C(=N\S(=O)(=O)c2ccccc2)N1Cc1ccccc1. The van der Waals surface area contributed by atoms with Gasteiger partial charge in [0.05, 0.1) is 11.4 Å². The Balaban J connectivity index is 1.79. The quantitative estimate of drug-likeness (QED) is 0.823. The van der Waals surface area contributed by atoms with E-state index in [-0.39, 0.29) is 17.5 Å². The topological polar surface area (TPSA) is 78.8 Å². The summed E-state index contributed by atoms with van der Waals surface area (Å²) in [4.78, 5) is 14.6. The van der Waals surface area contributed by atoms with Crippen molar-refractivity contribution in [1.29, 1.82) is 0 Å². The van der Waals surface area contributed by atoms with Crippen LogP contribution in [0.2, 0.25) is 0 Å². The van der Waals surface area contributed by atoms with E-state index in [4.69, 9.17) is 0 Å². The van der Waals surface area contributed by atoms with Gasteiger partial charge in [-0.15, -0.1) is 4.40 Å². The van der Waals surface area contributed by atoms with Crippen LogP contribution in [0.3, 0.4) is 0 Å². The van der Waals surface area contributed by atoms with Crippen molar-refractivity contribution in [3.05, 3.63) is 66.2 Å². The summed E-state index contributed by atoms with van der Waals surface area (Å²) in [5.74, 6) is 0.331. The molecule has 29 heavy (non-hydrogen) atoms. The number of nitrogens with zero attached hydrogens (tertiary/aromatic N) is 2. The van der Waals surface area contributed by atoms with E-state index in [1.807, 2.05) is 30.3 Å². The lowest BCUT2D eigenvalue weighted by atomic mass is 9.90. The molecular weight excluding hydrogens is 386 g/mol. The van der Waals surface area contributed by atoms with E-state index < -0.39 is 15.6 Å². The average molecular weight is 412 g/mol. The smallest absolute Gasteiger partial charge is 0.324 e. The van der Waals surface area contributed by atoms with Crippen LogP contribution >= 0.6 is 0 Å². The summed E-state index contributed by atoms with van der Waals surface area (Å²) in [6.07, 6.45) is 5.43. The molecule has 2 amide bonds. The number of benzene rings is 2. The number of urea groups is 1. The van der Waals surface area contributed by atoms with Crippen molar-refractivity contribution in [2.45, 2.75) is 55.5 Å². The number of carbonyl (C=O) groups is 1. The van der Waals surface area contributed by atoms with Gasteiger partial charge in [0, 0.05) is 0 Å². The Bertz CT molecular complexity index is 996. The van der Waals surface area contributed by atoms with E-state index in [0.717, 1.165) is 31.2 Å². The highest BCUT2D eigenvalue weighted by atomic mass is 32.2. The predicted molar refractivity (Wildman–Crippen MR) is 112 cm³/mol. The van der Waals surface area contributed by atoms with Crippen LogP contribution in [0, 0.1) is 0 Å². The second-order valence-corrected chi connectivity index (χ2v) is 9.31. The molecule has 0 radical (unpaired) electrons. The number of amidine groups is 1. The zero-order valence-corrected chi connectivity index (χ0v) is 17.1. The highest BCUT2D eigenvalue weighted by Crippen LogP contribution is 2.35. The van der Waals surface area contributed by atoms with E-state index in [9.17, 15) is 13.2 Å². The van der Waals surface area contributed by atoms with Gasteiger partial charge < -0.3 is 5.32 Å². The van der Waals surface area contributed by atoms with Crippen LogP contribution in [0.4, 0.5) is 4.79 Å². The second kappa shape index (κ2) is 7.99. The molecule has 4 rings (SSSR count). The maximum atomic E-state index is 13.1. The fraction of sp³-hybridized carbons (Fsp3) is 0.364. The molecule has 1 saturated heterocycles. The van der Waals surface area contributed by atoms with Gasteiger partial charge in [0.2, 0.25) is 0 Å². The molecule has 2 aromatic carbocycles. The Morgan fingerprint density at radius 3 is 2.10 bits per heavy atom. The lowest BCUT2D eigenvalue weighted by Gasteiger charge is -2.28. The number of rotatable bonds is 4. The van der Waals surface area contributed by atoms with E-state index in [0.29, 0.717) is 18.7 Å². The molecular formula is C22H25N3O3S. The monoisotopic (exact) mass is 411 g/mol. The van der Waals surface area contributed by atoms with Crippen LogP contribution in [-0.4, -0.2) is 30.7 Å². The number of carbonyl (C=O) groups excluding carboxylic acids is 1. The van der Waals surface area contributed by atoms with Gasteiger partial charge in [0.25, 0.3) is 10.0 Å². The summed E-state index contributed by atoms with van der Waals surface area (Å²) in [7, 11) is -3.93. The summed E-state index contributed by atoms with van der Waals surface area (Å²) in [6.45, 7) is 0.289. The molecule has 6 nitrogen and oxygen atoms in total. The van der Waals surface area contributed by atoms with Crippen molar-refractivity contribution in [3.8, 4) is 0 Å². The summed E-state index contributed by atoms with van der Waals surface area (Å²) in [6, 6.07) is 17.5. The molecule has 1 saturated carbocycles. The van der Waals surface area contributed by atoms with Gasteiger partial charge in [0.15, 0.2) is 5.84 Å². The van der Waals surface area contributed by atoms with Gasteiger partial charge in [-0.3, -0.25) is 4.90 Å². The third-order valence-corrected chi connectivity index (χ3v) is 6.94. The average Bonchev–Trinajstić information content (AvgIpc) is 2.88. The van der Waals surface area contributed by atoms with E-state index in [1.54, 1.807) is 18.2 Å². The van der Waals surface area contributed by atoms with Gasteiger partial charge in [-0.05, 0) is 30.5 Å². The predicted octanol–water partition coefficient (Wildman–Crippen LogP) is 4.09. The molecule has 0 atom stereocenters. The zero-order valence-electron chi connectivity index (χ0n) is 16.3. The number of amides is 2. The number of hydrogen-bond acceptors (Lipinski definition) is 3. The molecule has 2 aliphatic rings. The summed E-state index contributed by atoms with van der Waals surface area (Å²) in [5.41, 5.74) is 0.211. The van der Waals surface area contributed by atoms with Crippen LogP contribution in [0.1, 0.15) is 44.1 Å². The molecule has 1 aliphatic heterocycles. The molecule has 0 bridgehead atoms. The summed E-state index contributed by atoms with van der Waals surface area (Å²) >= 11 is 0. The first-order valence-electron chi connectivity index (χ1n) is 10.0. The van der Waals surface area contributed by atoms with Crippen molar-refractivity contribution in [2.75, 3.05) is 0 Å². The molecule has 2 aromatic rings. The minimum Gasteiger partial charge on any atom is -0.325 e. The molecule has 1 heterocycles. The van der Waals surface area contributed by atoms with Crippen molar-refractivity contribution in [1.82, 2.24) is 10.2 Å². The third kappa shape index (κ3) is 4.05. The Kier molecular flexibility index (Phi) is 5.41.